The Morgan fingerprint density at radius 1 is 0.526 bits per heavy atom. The fourth-order valence-corrected chi connectivity index (χ4v) is 4.66. The molecule has 0 aliphatic rings. The lowest BCUT2D eigenvalue weighted by Gasteiger charge is -2.07. The number of aryl methyl sites for hydroxylation is 2. The lowest BCUT2D eigenvalue weighted by atomic mass is 10.1. The van der Waals surface area contributed by atoms with Crippen molar-refractivity contribution in [2.75, 3.05) is 0 Å². The zero-order valence-electron chi connectivity index (χ0n) is 21.0. The Kier molecular flexibility index (Phi) is 7.53. The molecule has 0 amide bonds. The first-order chi connectivity index (χ1) is 18.5. The fourth-order valence-electron chi connectivity index (χ4n) is 4.18. The maximum atomic E-state index is 5.33. The van der Waals surface area contributed by atoms with Gasteiger partial charge in [-0.05, 0) is 74.7 Å². The molecule has 4 aromatic carbocycles. The molecule has 0 aliphatic carbocycles. The van der Waals surface area contributed by atoms with Gasteiger partial charge in [-0.15, -0.1) is 0 Å². The summed E-state index contributed by atoms with van der Waals surface area (Å²) in [5.41, 5.74) is 6.53. The number of nitrogens with zero attached hydrogens (tertiary/aromatic N) is 4. The molecule has 2 aromatic heterocycles. The Balaban J connectivity index is 0.000000155. The Hall–Kier alpha value is -4.40. The number of hydrogen-bond acceptors (Lipinski definition) is 4. The fraction of sp³-hybridized carbons (Fsp3) is 0.0667. The standard InChI is InChI=1S/2C15H13N3S/c2*1-11-6-5-7-12(10-11)14-16-17-15(19)18(14)13-8-3-2-4-9-13/h2*2-10H,1H3,(H,17,19). The van der Waals surface area contributed by atoms with E-state index in [1.165, 1.54) is 11.1 Å². The van der Waals surface area contributed by atoms with Gasteiger partial charge in [0.15, 0.2) is 21.2 Å². The summed E-state index contributed by atoms with van der Waals surface area (Å²) in [6.07, 6.45) is 0. The quantitative estimate of drug-likeness (QED) is 0.226. The highest BCUT2D eigenvalue weighted by molar-refractivity contribution is 7.71. The number of benzene rings is 4. The van der Waals surface area contributed by atoms with Crippen LogP contribution in [-0.4, -0.2) is 29.5 Å². The van der Waals surface area contributed by atoms with Crippen molar-refractivity contribution in [3.05, 3.63) is 130 Å². The van der Waals surface area contributed by atoms with Crippen LogP contribution in [0, 0.1) is 23.4 Å². The smallest absolute Gasteiger partial charge is 0.200 e. The Morgan fingerprint density at radius 3 is 1.29 bits per heavy atom. The molecular formula is C30H26N6S2. The average molecular weight is 535 g/mol. The third-order valence-corrected chi connectivity index (χ3v) is 6.47. The summed E-state index contributed by atoms with van der Waals surface area (Å²) >= 11 is 10.7. The number of aromatic amines is 2. The summed E-state index contributed by atoms with van der Waals surface area (Å²) < 4.78 is 5.10. The lowest BCUT2D eigenvalue weighted by Crippen LogP contribution is -1.97. The minimum Gasteiger partial charge on any atom is -0.268 e. The first kappa shape index (κ1) is 25.3. The molecule has 0 atom stereocenters. The Morgan fingerprint density at radius 2 is 0.921 bits per heavy atom. The molecule has 6 aromatic rings. The predicted molar refractivity (Wildman–Crippen MR) is 158 cm³/mol. The summed E-state index contributed by atoms with van der Waals surface area (Å²) in [5.74, 6) is 1.67. The number of H-pyrrole nitrogens is 2. The van der Waals surface area contributed by atoms with E-state index in [9.17, 15) is 0 Å². The Bertz CT molecular complexity index is 1650. The van der Waals surface area contributed by atoms with Crippen molar-refractivity contribution in [1.82, 2.24) is 29.5 Å². The Labute approximate surface area is 231 Å². The summed E-state index contributed by atoms with van der Waals surface area (Å²) in [6.45, 7) is 4.13. The largest absolute Gasteiger partial charge is 0.268 e. The van der Waals surface area contributed by atoms with Crippen molar-refractivity contribution in [2.45, 2.75) is 13.8 Å². The highest BCUT2D eigenvalue weighted by Gasteiger charge is 2.11. The van der Waals surface area contributed by atoms with Crippen LogP contribution >= 0.6 is 24.4 Å². The van der Waals surface area contributed by atoms with E-state index in [2.05, 4.69) is 58.5 Å². The molecule has 2 heterocycles. The van der Waals surface area contributed by atoms with Gasteiger partial charge in [0.2, 0.25) is 0 Å². The average Bonchev–Trinajstić information content (AvgIpc) is 3.52. The minimum atomic E-state index is 0.600. The maximum Gasteiger partial charge on any atom is 0.200 e. The third kappa shape index (κ3) is 5.46. The van der Waals surface area contributed by atoms with Crippen molar-refractivity contribution in [3.63, 3.8) is 0 Å². The van der Waals surface area contributed by atoms with E-state index in [1.54, 1.807) is 0 Å². The molecule has 0 spiro atoms. The molecule has 0 fully saturated rings. The summed E-state index contributed by atoms with van der Waals surface area (Å²) in [6, 6.07) is 36.5. The zero-order chi connectivity index (χ0) is 26.5. The van der Waals surface area contributed by atoms with Gasteiger partial charge >= 0.3 is 0 Å². The predicted octanol–water partition coefficient (Wildman–Crippen LogP) is 7.81. The van der Waals surface area contributed by atoms with Crippen LogP contribution in [0.25, 0.3) is 34.2 Å². The second-order valence-corrected chi connectivity index (χ2v) is 9.56. The first-order valence-electron chi connectivity index (χ1n) is 12.1. The van der Waals surface area contributed by atoms with Crippen LogP contribution < -0.4 is 0 Å². The van der Waals surface area contributed by atoms with Crippen molar-refractivity contribution in [1.29, 1.82) is 0 Å². The van der Waals surface area contributed by atoms with E-state index in [0.29, 0.717) is 9.54 Å². The summed E-state index contributed by atoms with van der Waals surface area (Å²) in [5, 5.41) is 14.4. The topological polar surface area (TPSA) is 67.2 Å². The van der Waals surface area contributed by atoms with Crippen LogP contribution in [0.1, 0.15) is 11.1 Å². The summed E-state index contributed by atoms with van der Waals surface area (Å²) in [7, 11) is 0. The molecular weight excluding hydrogens is 509 g/mol. The number of rotatable bonds is 4. The summed E-state index contributed by atoms with van der Waals surface area (Å²) in [4.78, 5) is 0. The van der Waals surface area contributed by atoms with Crippen molar-refractivity contribution < 1.29 is 0 Å². The first-order valence-corrected chi connectivity index (χ1v) is 12.9. The van der Waals surface area contributed by atoms with E-state index in [4.69, 9.17) is 24.4 Å². The van der Waals surface area contributed by atoms with Gasteiger partial charge in [-0.1, -0.05) is 83.9 Å². The normalized spacial score (nSPS) is 10.6. The highest BCUT2D eigenvalue weighted by Crippen LogP contribution is 2.23. The second kappa shape index (κ2) is 11.3. The molecule has 0 aliphatic heterocycles. The van der Waals surface area contributed by atoms with Crippen LogP contribution in [0.5, 0.6) is 0 Å². The molecule has 0 radical (unpaired) electrons. The third-order valence-electron chi connectivity index (χ3n) is 5.93. The van der Waals surface area contributed by atoms with Gasteiger partial charge < -0.3 is 0 Å². The molecule has 0 unspecified atom stereocenters. The van der Waals surface area contributed by atoms with Crippen LogP contribution in [0.4, 0.5) is 0 Å². The molecule has 0 saturated carbocycles. The van der Waals surface area contributed by atoms with Gasteiger partial charge in [-0.25, -0.2) is 0 Å². The second-order valence-electron chi connectivity index (χ2n) is 8.79. The van der Waals surface area contributed by atoms with Gasteiger partial charge in [0, 0.05) is 22.5 Å². The van der Waals surface area contributed by atoms with E-state index in [-0.39, 0.29) is 0 Å². The van der Waals surface area contributed by atoms with Crippen LogP contribution in [0.15, 0.2) is 109 Å². The minimum absolute atomic E-state index is 0.600. The SMILES string of the molecule is Cc1cccc(-c2n[nH]c(=S)n2-c2ccccc2)c1.Cc1cccc(-c2n[nH]c(=S)n2-c2ccccc2)c1. The van der Waals surface area contributed by atoms with Gasteiger partial charge in [0.1, 0.15) is 0 Å². The van der Waals surface area contributed by atoms with Gasteiger partial charge in [0.05, 0.1) is 0 Å². The van der Waals surface area contributed by atoms with Crippen LogP contribution in [0.3, 0.4) is 0 Å². The van der Waals surface area contributed by atoms with E-state index >= 15 is 0 Å². The van der Waals surface area contributed by atoms with E-state index in [0.717, 1.165) is 34.2 Å². The zero-order valence-corrected chi connectivity index (χ0v) is 22.6. The monoisotopic (exact) mass is 534 g/mol. The molecule has 38 heavy (non-hydrogen) atoms. The number of aromatic nitrogens is 6. The number of para-hydroxylation sites is 2. The molecule has 2 N–H and O–H groups in total. The highest BCUT2D eigenvalue weighted by atomic mass is 32.1. The number of nitrogens with one attached hydrogen (secondary N) is 2. The van der Waals surface area contributed by atoms with E-state index < -0.39 is 0 Å². The molecule has 0 bridgehead atoms. The number of hydrogen-bond donors (Lipinski definition) is 2. The van der Waals surface area contributed by atoms with Crippen LogP contribution in [0.2, 0.25) is 0 Å². The molecule has 188 valence electrons. The van der Waals surface area contributed by atoms with Gasteiger partial charge in [-0.3, -0.25) is 19.3 Å². The van der Waals surface area contributed by atoms with Crippen LogP contribution in [-0.2, 0) is 0 Å². The molecule has 6 rings (SSSR count). The van der Waals surface area contributed by atoms with Crippen molar-refractivity contribution in [2.24, 2.45) is 0 Å². The van der Waals surface area contributed by atoms with Crippen molar-refractivity contribution >= 4 is 24.4 Å². The van der Waals surface area contributed by atoms with Crippen molar-refractivity contribution in [3.8, 4) is 34.2 Å². The maximum absolute atomic E-state index is 5.33. The lowest BCUT2D eigenvalue weighted by molar-refractivity contribution is 1.04. The molecule has 0 saturated heterocycles. The van der Waals surface area contributed by atoms with E-state index in [1.807, 2.05) is 94.1 Å². The van der Waals surface area contributed by atoms with Gasteiger partial charge in [-0.2, -0.15) is 10.2 Å². The molecule has 8 heteroatoms. The van der Waals surface area contributed by atoms with Gasteiger partial charge in [0.25, 0.3) is 0 Å². The molecule has 6 nitrogen and oxygen atoms in total.